The van der Waals surface area contributed by atoms with E-state index in [1.165, 1.54) is 18.2 Å². The van der Waals surface area contributed by atoms with E-state index in [2.05, 4.69) is 27.9 Å². The summed E-state index contributed by atoms with van der Waals surface area (Å²) in [5.74, 6) is -0.618. The Balaban J connectivity index is 1.69. The quantitative estimate of drug-likeness (QED) is 0.257. The van der Waals surface area contributed by atoms with Crippen molar-refractivity contribution in [3.05, 3.63) is 73.5 Å². The van der Waals surface area contributed by atoms with Gasteiger partial charge in [0.15, 0.2) is 18.7 Å². The van der Waals surface area contributed by atoms with Crippen LogP contribution in [0.2, 0.25) is 5.02 Å². The number of furan rings is 1. The van der Waals surface area contributed by atoms with E-state index in [0.29, 0.717) is 23.3 Å². The molecule has 0 aliphatic carbocycles. The first-order valence-corrected chi connectivity index (χ1v) is 10.3. The third-order valence-electron chi connectivity index (χ3n) is 4.31. The van der Waals surface area contributed by atoms with E-state index in [1.54, 1.807) is 12.1 Å². The molecule has 1 N–H and O–H groups in total. The van der Waals surface area contributed by atoms with Crippen LogP contribution >= 0.6 is 34.2 Å². The van der Waals surface area contributed by atoms with Gasteiger partial charge in [-0.1, -0.05) is 11.6 Å². The first-order chi connectivity index (χ1) is 14.3. The second-order valence-corrected chi connectivity index (χ2v) is 8.21. The smallest absolute Gasteiger partial charge is 0.340 e. The lowest BCUT2D eigenvalue weighted by Crippen LogP contribution is -2.22. The number of aryl methyl sites for hydroxylation is 2. The van der Waals surface area contributed by atoms with Crippen LogP contribution < -0.4 is 5.32 Å². The topological polar surface area (TPSA) is 85.6 Å². The molecule has 1 amide bonds. The maximum absolute atomic E-state index is 12.5. The largest absolute Gasteiger partial charge is 0.453 e. The molecule has 2 aromatic carbocycles. The molecule has 0 bridgehead atoms. The molecule has 0 aliphatic heterocycles. The number of hydrogen-bond donors (Lipinski definition) is 1. The normalized spacial score (nSPS) is 10.5. The van der Waals surface area contributed by atoms with Gasteiger partial charge in [-0.2, -0.15) is 0 Å². The van der Waals surface area contributed by atoms with Crippen molar-refractivity contribution in [3.63, 3.8) is 0 Å². The number of rotatable bonds is 6. The molecular weight excluding hydrogens is 521 g/mol. The number of aldehydes is 1. The highest BCUT2D eigenvalue weighted by Crippen LogP contribution is 2.27. The summed E-state index contributed by atoms with van der Waals surface area (Å²) in [6, 6.07) is 11.7. The minimum atomic E-state index is -0.741. The fourth-order valence-electron chi connectivity index (χ4n) is 2.90. The number of carbonyl (C=O) groups excluding carboxylic acids is 3. The van der Waals surface area contributed by atoms with Gasteiger partial charge < -0.3 is 14.5 Å². The molecule has 0 spiro atoms. The Morgan fingerprint density at radius 3 is 2.47 bits per heavy atom. The summed E-state index contributed by atoms with van der Waals surface area (Å²) in [4.78, 5) is 35.5. The highest BCUT2D eigenvalue weighted by atomic mass is 127. The van der Waals surface area contributed by atoms with Crippen molar-refractivity contribution >= 4 is 58.0 Å². The average Bonchev–Trinajstić information content (AvgIpc) is 3.18. The number of hydrogen-bond acceptors (Lipinski definition) is 5. The molecular formula is C22H17ClINO5. The number of carbonyl (C=O) groups is 3. The lowest BCUT2D eigenvalue weighted by Gasteiger charge is -2.13. The molecule has 0 atom stereocenters. The van der Waals surface area contributed by atoms with Crippen LogP contribution in [0.15, 0.2) is 46.9 Å². The second kappa shape index (κ2) is 9.44. The zero-order valence-electron chi connectivity index (χ0n) is 16.1. The van der Waals surface area contributed by atoms with Crippen LogP contribution in [0.5, 0.6) is 0 Å². The molecule has 0 radical (unpaired) electrons. The molecule has 0 saturated heterocycles. The average molecular weight is 538 g/mol. The molecule has 6 nitrogen and oxygen atoms in total. The van der Waals surface area contributed by atoms with E-state index in [4.69, 9.17) is 20.8 Å². The van der Waals surface area contributed by atoms with Crippen molar-refractivity contribution in [2.45, 2.75) is 13.8 Å². The van der Waals surface area contributed by atoms with Gasteiger partial charge in [-0.3, -0.25) is 9.59 Å². The second-order valence-electron chi connectivity index (χ2n) is 6.55. The predicted octanol–water partition coefficient (Wildman–Crippen LogP) is 5.43. The van der Waals surface area contributed by atoms with Gasteiger partial charge >= 0.3 is 5.97 Å². The van der Waals surface area contributed by atoms with E-state index in [0.717, 1.165) is 14.7 Å². The van der Waals surface area contributed by atoms with Crippen LogP contribution in [0, 0.1) is 17.4 Å². The van der Waals surface area contributed by atoms with Crippen molar-refractivity contribution < 1.29 is 23.5 Å². The van der Waals surface area contributed by atoms with E-state index < -0.39 is 18.5 Å². The Morgan fingerprint density at radius 2 is 1.83 bits per heavy atom. The minimum absolute atomic E-state index is 0.0904. The fraction of sp³-hybridized carbons (Fsp3) is 0.136. The van der Waals surface area contributed by atoms with E-state index in [9.17, 15) is 14.4 Å². The summed E-state index contributed by atoms with van der Waals surface area (Å²) in [5.41, 5.74) is 3.17. The van der Waals surface area contributed by atoms with Crippen molar-refractivity contribution in [3.8, 4) is 11.3 Å². The fourth-order valence-corrected chi connectivity index (χ4v) is 4.03. The molecule has 0 saturated carbocycles. The van der Waals surface area contributed by atoms with Gasteiger partial charge in [0.05, 0.1) is 10.6 Å². The molecule has 3 aromatic rings. The lowest BCUT2D eigenvalue weighted by molar-refractivity contribution is -0.119. The third kappa shape index (κ3) is 5.09. The number of ether oxygens (including phenoxy) is 1. The zero-order valence-corrected chi connectivity index (χ0v) is 19.0. The van der Waals surface area contributed by atoms with E-state index in [1.807, 2.05) is 26.0 Å². The highest BCUT2D eigenvalue weighted by molar-refractivity contribution is 14.1. The third-order valence-corrected chi connectivity index (χ3v) is 5.26. The van der Waals surface area contributed by atoms with Crippen LogP contribution in [0.4, 0.5) is 5.69 Å². The van der Waals surface area contributed by atoms with Gasteiger partial charge in [-0.05, 0) is 90.0 Å². The van der Waals surface area contributed by atoms with Gasteiger partial charge in [-0.25, -0.2) is 4.79 Å². The van der Waals surface area contributed by atoms with E-state index in [-0.39, 0.29) is 16.3 Å². The molecule has 3 rings (SSSR count). The molecule has 154 valence electrons. The number of amides is 1. The van der Waals surface area contributed by atoms with Crippen LogP contribution in [0.3, 0.4) is 0 Å². The van der Waals surface area contributed by atoms with Gasteiger partial charge in [0, 0.05) is 14.8 Å². The number of halogens is 2. The molecule has 30 heavy (non-hydrogen) atoms. The number of nitrogens with one attached hydrogen (secondary N) is 1. The zero-order chi connectivity index (χ0) is 21.8. The summed E-state index contributed by atoms with van der Waals surface area (Å²) < 4.78 is 11.6. The summed E-state index contributed by atoms with van der Waals surface area (Å²) in [7, 11) is 0. The summed E-state index contributed by atoms with van der Waals surface area (Å²) >= 11 is 8.33. The van der Waals surface area contributed by atoms with Crippen molar-refractivity contribution in [1.82, 2.24) is 0 Å². The Labute approximate surface area is 191 Å². The number of benzene rings is 2. The summed E-state index contributed by atoms with van der Waals surface area (Å²) in [6.45, 7) is 3.33. The molecule has 8 heteroatoms. The molecule has 1 heterocycles. The Morgan fingerprint density at radius 1 is 1.13 bits per heavy atom. The Kier molecular flexibility index (Phi) is 6.94. The first kappa shape index (κ1) is 22.0. The van der Waals surface area contributed by atoms with Gasteiger partial charge in [0.2, 0.25) is 0 Å². The minimum Gasteiger partial charge on any atom is -0.453 e. The van der Waals surface area contributed by atoms with Gasteiger partial charge in [0.25, 0.3) is 5.91 Å². The van der Waals surface area contributed by atoms with E-state index >= 15 is 0 Å². The van der Waals surface area contributed by atoms with Crippen molar-refractivity contribution in [1.29, 1.82) is 0 Å². The molecule has 0 fully saturated rings. The summed E-state index contributed by atoms with van der Waals surface area (Å²) in [6.07, 6.45) is 0.588. The maximum atomic E-state index is 12.5. The number of esters is 1. The van der Waals surface area contributed by atoms with Crippen LogP contribution in [0.1, 0.15) is 32.0 Å². The molecule has 0 unspecified atom stereocenters. The Bertz CT molecular complexity index is 1120. The Hall–Kier alpha value is -2.65. The first-order valence-electron chi connectivity index (χ1n) is 8.87. The van der Waals surface area contributed by atoms with Crippen LogP contribution in [-0.4, -0.2) is 24.8 Å². The molecule has 0 aliphatic rings. The standard InChI is InChI=1S/C22H17ClINO5/c1-12-7-15(24)8-13(2)21(12)25-20(27)11-29-22(28)17-9-14(3-5-18(17)23)19-6-4-16(10-26)30-19/h3-10H,11H2,1-2H3,(H,25,27). The van der Waals surface area contributed by atoms with Crippen LogP contribution in [-0.2, 0) is 9.53 Å². The van der Waals surface area contributed by atoms with Crippen molar-refractivity contribution in [2.24, 2.45) is 0 Å². The highest BCUT2D eigenvalue weighted by Gasteiger charge is 2.17. The van der Waals surface area contributed by atoms with Crippen LogP contribution in [0.25, 0.3) is 11.3 Å². The van der Waals surface area contributed by atoms with Gasteiger partial charge in [0.1, 0.15) is 5.76 Å². The maximum Gasteiger partial charge on any atom is 0.340 e. The van der Waals surface area contributed by atoms with Crippen molar-refractivity contribution in [2.75, 3.05) is 11.9 Å². The summed E-state index contributed by atoms with van der Waals surface area (Å²) in [5, 5.41) is 2.95. The predicted molar refractivity (Wildman–Crippen MR) is 122 cm³/mol. The SMILES string of the molecule is Cc1cc(I)cc(C)c1NC(=O)COC(=O)c1cc(-c2ccc(C=O)o2)ccc1Cl. The molecule has 1 aromatic heterocycles. The lowest BCUT2D eigenvalue weighted by atomic mass is 10.1. The monoisotopic (exact) mass is 537 g/mol. The van der Waals surface area contributed by atoms with Gasteiger partial charge in [-0.15, -0.1) is 0 Å². The number of anilines is 1.